The first kappa shape index (κ1) is 14.4. The van der Waals surface area contributed by atoms with Crippen LogP contribution in [0.5, 0.6) is 0 Å². The Morgan fingerprint density at radius 2 is 1.70 bits per heavy atom. The highest BCUT2D eigenvalue weighted by Crippen LogP contribution is 2.22. The monoisotopic (exact) mass is 284 g/mol. The Morgan fingerprint density at radius 3 is 2.35 bits per heavy atom. The molecule has 2 rings (SSSR count). The van der Waals surface area contributed by atoms with Crippen molar-refractivity contribution in [3.63, 3.8) is 0 Å². The molecule has 0 amide bonds. The molecule has 0 unspecified atom stereocenters. The van der Waals surface area contributed by atoms with Crippen molar-refractivity contribution < 1.29 is 13.2 Å². The van der Waals surface area contributed by atoms with E-state index in [0.717, 1.165) is 0 Å². The zero-order chi connectivity index (χ0) is 14.6. The SMILES string of the molecule is Nc1nc2ccccc2nc1NCCCCC(F)(F)F. The van der Waals surface area contributed by atoms with Crippen LogP contribution < -0.4 is 11.1 Å². The molecule has 0 aliphatic heterocycles. The summed E-state index contributed by atoms with van der Waals surface area (Å²) >= 11 is 0. The first-order chi connectivity index (χ1) is 9.46. The van der Waals surface area contributed by atoms with E-state index >= 15 is 0 Å². The van der Waals surface area contributed by atoms with Crippen LogP contribution in [-0.4, -0.2) is 22.7 Å². The summed E-state index contributed by atoms with van der Waals surface area (Å²) in [6, 6.07) is 7.27. The van der Waals surface area contributed by atoms with E-state index in [2.05, 4.69) is 15.3 Å². The molecule has 3 N–H and O–H groups in total. The second-order valence-corrected chi connectivity index (χ2v) is 4.45. The molecule has 1 aromatic heterocycles. The lowest BCUT2D eigenvalue weighted by atomic mass is 10.2. The second-order valence-electron chi connectivity index (χ2n) is 4.45. The quantitative estimate of drug-likeness (QED) is 0.826. The van der Waals surface area contributed by atoms with Gasteiger partial charge in [-0.1, -0.05) is 12.1 Å². The molecule has 20 heavy (non-hydrogen) atoms. The fourth-order valence-electron chi connectivity index (χ4n) is 1.80. The number of rotatable bonds is 5. The summed E-state index contributed by atoms with van der Waals surface area (Å²) in [6.07, 6.45) is -4.39. The molecule has 4 nitrogen and oxygen atoms in total. The number of aromatic nitrogens is 2. The van der Waals surface area contributed by atoms with Gasteiger partial charge in [0.25, 0.3) is 0 Å². The standard InChI is InChI=1S/C13H15F3N4/c14-13(15,16)7-3-4-8-18-12-11(17)19-9-5-1-2-6-10(9)20-12/h1-2,5-6H,3-4,7-8H2,(H2,17,19)(H,18,20). The summed E-state index contributed by atoms with van der Waals surface area (Å²) in [5.74, 6) is 0.662. The van der Waals surface area contributed by atoms with Crippen LogP contribution in [0.4, 0.5) is 24.8 Å². The molecular formula is C13H15F3N4. The first-order valence-corrected chi connectivity index (χ1v) is 6.28. The van der Waals surface area contributed by atoms with Crippen molar-refractivity contribution in [2.24, 2.45) is 0 Å². The molecule has 0 aliphatic rings. The maximum absolute atomic E-state index is 12.0. The fourth-order valence-corrected chi connectivity index (χ4v) is 1.80. The Morgan fingerprint density at radius 1 is 1.05 bits per heavy atom. The van der Waals surface area contributed by atoms with Crippen LogP contribution in [0.15, 0.2) is 24.3 Å². The van der Waals surface area contributed by atoms with Gasteiger partial charge < -0.3 is 11.1 Å². The van der Waals surface area contributed by atoms with Crippen molar-refractivity contribution >= 4 is 22.7 Å². The van der Waals surface area contributed by atoms with Gasteiger partial charge in [0, 0.05) is 13.0 Å². The van der Waals surface area contributed by atoms with E-state index in [1.54, 1.807) is 12.1 Å². The number of fused-ring (bicyclic) bond motifs is 1. The molecule has 108 valence electrons. The van der Waals surface area contributed by atoms with Gasteiger partial charge in [-0.15, -0.1) is 0 Å². The molecule has 0 spiro atoms. The number of halogens is 3. The molecule has 1 heterocycles. The molecule has 0 aliphatic carbocycles. The van der Waals surface area contributed by atoms with Gasteiger partial charge in [0.2, 0.25) is 0 Å². The number of hydrogen-bond donors (Lipinski definition) is 2. The first-order valence-electron chi connectivity index (χ1n) is 6.28. The molecular weight excluding hydrogens is 269 g/mol. The number of anilines is 2. The minimum absolute atomic E-state index is 0.0808. The summed E-state index contributed by atoms with van der Waals surface area (Å²) in [7, 11) is 0. The number of alkyl halides is 3. The topological polar surface area (TPSA) is 63.8 Å². The number of unbranched alkanes of at least 4 members (excludes halogenated alkanes) is 1. The molecule has 7 heteroatoms. The summed E-state index contributed by atoms with van der Waals surface area (Å²) in [4.78, 5) is 8.49. The van der Waals surface area contributed by atoms with Crippen molar-refractivity contribution in [1.82, 2.24) is 9.97 Å². The summed E-state index contributed by atoms with van der Waals surface area (Å²) < 4.78 is 35.9. The number of nitrogens with zero attached hydrogens (tertiary/aromatic N) is 2. The Balaban J connectivity index is 1.91. The fraction of sp³-hybridized carbons (Fsp3) is 0.385. The zero-order valence-corrected chi connectivity index (χ0v) is 10.7. The molecule has 0 bridgehead atoms. The van der Waals surface area contributed by atoms with Gasteiger partial charge in [0.1, 0.15) is 0 Å². The van der Waals surface area contributed by atoms with Gasteiger partial charge in [-0.25, -0.2) is 9.97 Å². The predicted molar refractivity (Wildman–Crippen MR) is 72.3 cm³/mol. The third-order valence-electron chi connectivity index (χ3n) is 2.78. The van der Waals surface area contributed by atoms with Gasteiger partial charge >= 0.3 is 6.18 Å². The second kappa shape index (κ2) is 5.94. The number of nitrogen functional groups attached to an aromatic ring is 1. The average Bonchev–Trinajstić information content (AvgIpc) is 2.37. The van der Waals surface area contributed by atoms with E-state index in [-0.39, 0.29) is 12.2 Å². The molecule has 0 radical (unpaired) electrons. The third kappa shape index (κ3) is 3.97. The Bertz CT molecular complexity index is 583. The van der Waals surface area contributed by atoms with Crippen LogP contribution in [0.3, 0.4) is 0 Å². The highest BCUT2D eigenvalue weighted by Gasteiger charge is 2.25. The summed E-state index contributed by atoms with van der Waals surface area (Å²) in [6.45, 7) is 0.382. The van der Waals surface area contributed by atoms with Gasteiger partial charge in [-0.2, -0.15) is 13.2 Å². The lowest BCUT2D eigenvalue weighted by molar-refractivity contribution is -0.135. The largest absolute Gasteiger partial charge is 0.389 e. The van der Waals surface area contributed by atoms with Gasteiger partial charge in [-0.3, -0.25) is 0 Å². The van der Waals surface area contributed by atoms with Crippen LogP contribution in [0.1, 0.15) is 19.3 Å². The van der Waals surface area contributed by atoms with Crippen molar-refractivity contribution in [2.75, 3.05) is 17.6 Å². The smallest absolute Gasteiger partial charge is 0.381 e. The van der Waals surface area contributed by atoms with Crippen molar-refractivity contribution in [3.8, 4) is 0 Å². The van der Waals surface area contributed by atoms with Crippen LogP contribution >= 0.6 is 0 Å². The highest BCUT2D eigenvalue weighted by atomic mass is 19.4. The minimum Gasteiger partial charge on any atom is -0.381 e. The number of nitrogens with two attached hydrogens (primary N) is 1. The Hall–Kier alpha value is -2.05. The van der Waals surface area contributed by atoms with E-state index in [1.807, 2.05) is 12.1 Å². The van der Waals surface area contributed by atoms with Gasteiger partial charge in [0.15, 0.2) is 11.6 Å². The van der Waals surface area contributed by atoms with E-state index in [1.165, 1.54) is 0 Å². The molecule has 0 atom stereocenters. The Kier molecular flexibility index (Phi) is 4.26. The maximum atomic E-state index is 12.0. The number of benzene rings is 1. The Labute approximate surface area is 114 Å². The number of hydrogen-bond acceptors (Lipinski definition) is 4. The minimum atomic E-state index is -4.10. The van der Waals surface area contributed by atoms with E-state index < -0.39 is 12.6 Å². The molecule has 0 fully saturated rings. The maximum Gasteiger partial charge on any atom is 0.389 e. The molecule has 2 aromatic rings. The molecule has 1 aromatic carbocycles. The number of para-hydroxylation sites is 2. The van der Waals surface area contributed by atoms with Crippen LogP contribution in [-0.2, 0) is 0 Å². The average molecular weight is 284 g/mol. The van der Waals surface area contributed by atoms with Gasteiger partial charge in [-0.05, 0) is 25.0 Å². The van der Waals surface area contributed by atoms with Crippen LogP contribution in [0, 0.1) is 0 Å². The summed E-state index contributed by atoms with van der Waals surface area (Å²) in [5, 5.41) is 2.93. The molecule has 0 saturated carbocycles. The van der Waals surface area contributed by atoms with Gasteiger partial charge in [0.05, 0.1) is 11.0 Å². The number of nitrogens with one attached hydrogen (secondary N) is 1. The lowest BCUT2D eigenvalue weighted by Crippen LogP contribution is -2.10. The van der Waals surface area contributed by atoms with E-state index in [9.17, 15) is 13.2 Å². The van der Waals surface area contributed by atoms with Crippen LogP contribution in [0.25, 0.3) is 11.0 Å². The van der Waals surface area contributed by atoms with Crippen molar-refractivity contribution in [2.45, 2.75) is 25.4 Å². The van der Waals surface area contributed by atoms with Crippen molar-refractivity contribution in [3.05, 3.63) is 24.3 Å². The van der Waals surface area contributed by atoms with Crippen LogP contribution in [0.2, 0.25) is 0 Å². The van der Waals surface area contributed by atoms with Crippen molar-refractivity contribution in [1.29, 1.82) is 0 Å². The predicted octanol–water partition coefficient (Wildman–Crippen LogP) is 3.36. The van der Waals surface area contributed by atoms with E-state index in [4.69, 9.17) is 5.73 Å². The highest BCUT2D eigenvalue weighted by molar-refractivity contribution is 5.79. The lowest BCUT2D eigenvalue weighted by Gasteiger charge is -2.09. The molecule has 0 saturated heterocycles. The zero-order valence-electron chi connectivity index (χ0n) is 10.7. The normalized spacial score (nSPS) is 11.8. The summed E-state index contributed by atoms with van der Waals surface area (Å²) in [5.41, 5.74) is 7.14. The van der Waals surface area contributed by atoms with E-state index in [0.29, 0.717) is 29.8 Å². The third-order valence-corrected chi connectivity index (χ3v) is 2.78.